The van der Waals surface area contributed by atoms with Gasteiger partial charge in [-0.15, -0.1) is 0 Å². The molecule has 0 saturated carbocycles. The van der Waals surface area contributed by atoms with Crippen molar-refractivity contribution in [2.45, 2.75) is 73.6 Å². The molecule has 0 spiro atoms. The van der Waals surface area contributed by atoms with Gasteiger partial charge in [-0.25, -0.2) is 0 Å². The molecule has 1 N–H and O–H groups in total. The number of rotatable bonds is 9. The lowest BCUT2D eigenvalue weighted by Crippen LogP contribution is -2.07. The number of methoxy groups -OCH3 is 2. The molecule has 0 aliphatic carbocycles. The summed E-state index contributed by atoms with van der Waals surface area (Å²) in [6.07, 6.45) is 0.448. The number of hydrogen-bond acceptors (Lipinski definition) is 5. The minimum Gasteiger partial charge on any atom is -0.497 e. The van der Waals surface area contributed by atoms with E-state index < -0.39 is 0 Å². The first-order chi connectivity index (χ1) is 14.2. The van der Waals surface area contributed by atoms with Gasteiger partial charge in [-0.3, -0.25) is 0 Å². The third kappa shape index (κ3) is 9.16. The lowest BCUT2D eigenvalue weighted by atomic mass is 10.0. The Bertz CT molecular complexity index is 746. The minimum atomic E-state index is 0.0675. The van der Waals surface area contributed by atoms with Crippen LogP contribution in [0.1, 0.15) is 55.5 Å². The molecule has 2 aromatic carbocycles. The maximum atomic E-state index is 8.83. The predicted molar refractivity (Wildman–Crippen MR) is 121 cm³/mol. The van der Waals surface area contributed by atoms with Crippen molar-refractivity contribution < 1.29 is 24.1 Å². The van der Waals surface area contributed by atoms with Crippen molar-refractivity contribution in [1.82, 2.24) is 0 Å². The van der Waals surface area contributed by atoms with Crippen LogP contribution in [0.25, 0.3) is 0 Å². The van der Waals surface area contributed by atoms with Crippen LogP contribution in [-0.2, 0) is 29.3 Å². The number of hydrogen-bond donors (Lipinski definition) is 1. The molecule has 0 heterocycles. The molecule has 0 bridgehead atoms. The molecule has 0 saturated heterocycles. The molecule has 0 unspecified atom stereocenters. The minimum absolute atomic E-state index is 0.0675. The van der Waals surface area contributed by atoms with Crippen molar-refractivity contribution in [3.63, 3.8) is 0 Å². The second kappa shape index (κ2) is 13.3. The zero-order chi connectivity index (χ0) is 22.7. The highest BCUT2D eigenvalue weighted by Crippen LogP contribution is 2.25. The number of benzene rings is 2. The van der Waals surface area contributed by atoms with Gasteiger partial charge in [0.25, 0.3) is 0 Å². The summed E-state index contributed by atoms with van der Waals surface area (Å²) in [7, 11) is 3.31. The van der Waals surface area contributed by atoms with Gasteiger partial charge in [0.15, 0.2) is 0 Å². The van der Waals surface area contributed by atoms with Crippen molar-refractivity contribution in [2.75, 3.05) is 14.2 Å². The van der Waals surface area contributed by atoms with Crippen molar-refractivity contribution in [3.05, 3.63) is 58.1 Å². The van der Waals surface area contributed by atoms with Gasteiger partial charge in [-0.1, -0.05) is 6.07 Å². The molecule has 2 aromatic rings. The quantitative estimate of drug-likeness (QED) is 0.595. The van der Waals surface area contributed by atoms with Crippen LogP contribution in [-0.4, -0.2) is 31.5 Å². The van der Waals surface area contributed by atoms with E-state index >= 15 is 0 Å². The van der Waals surface area contributed by atoms with Crippen LogP contribution in [0.15, 0.2) is 30.3 Å². The van der Waals surface area contributed by atoms with Crippen LogP contribution in [0.3, 0.4) is 0 Å². The van der Waals surface area contributed by atoms with Crippen molar-refractivity contribution >= 4 is 0 Å². The summed E-state index contributed by atoms with van der Waals surface area (Å²) >= 11 is 0. The van der Waals surface area contributed by atoms with E-state index in [1.807, 2.05) is 52.8 Å². The molecule has 2 rings (SSSR count). The normalized spacial score (nSPS) is 10.8. The van der Waals surface area contributed by atoms with E-state index in [4.69, 9.17) is 24.1 Å². The van der Waals surface area contributed by atoms with E-state index in [0.29, 0.717) is 13.2 Å². The van der Waals surface area contributed by atoms with E-state index in [0.717, 1.165) is 28.2 Å². The molecule has 5 heteroatoms. The number of aliphatic hydroxyl groups excluding tert-OH is 1. The Morgan fingerprint density at radius 3 is 1.87 bits per heavy atom. The fourth-order valence-electron chi connectivity index (χ4n) is 2.79. The molecule has 168 valence electrons. The maximum Gasteiger partial charge on any atom is 0.124 e. The molecule has 0 aliphatic rings. The second-order valence-corrected chi connectivity index (χ2v) is 7.83. The molecule has 5 nitrogen and oxygen atoms in total. The van der Waals surface area contributed by atoms with E-state index in [-0.39, 0.29) is 18.8 Å². The zero-order valence-electron chi connectivity index (χ0n) is 19.7. The van der Waals surface area contributed by atoms with Gasteiger partial charge >= 0.3 is 0 Å². The smallest absolute Gasteiger partial charge is 0.124 e. The highest BCUT2D eigenvalue weighted by atomic mass is 16.5. The lowest BCUT2D eigenvalue weighted by molar-refractivity contribution is 0.0625. The zero-order valence-corrected chi connectivity index (χ0v) is 19.7. The first kappa shape index (κ1) is 26.0. The Kier molecular flexibility index (Phi) is 11.5. The first-order valence-corrected chi connectivity index (χ1v) is 10.3. The fraction of sp³-hybridized carbons (Fsp3) is 0.520. The average Bonchev–Trinajstić information content (AvgIpc) is 2.71. The molecule has 0 fully saturated rings. The second-order valence-electron chi connectivity index (χ2n) is 7.83. The highest BCUT2D eigenvalue weighted by Gasteiger charge is 2.10. The summed E-state index contributed by atoms with van der Waals surface area (Å²) in [5, 5.41) is 8.83. The molecule has 0 radical (unpaired) electrons. The summed E-state index contributed by atoms with van der Waals surface area (Å²) in [6, 6.07) is 9.87. The number of aliphatic hydroxyl groups is 1. The topological polar surface area (TPSA) is 57.2 Å². The van der Waals surface area contributed by atoms with E-state index in [2.05, 4.69) is 19.1 Å². The van der Waals surface area contributed by atoms with Crippen molar-refractivity contribution in [1.29, 1.82) is 0 Å². The van der Waals surface area contributed by atoms with E-state index in [9.17, 15) is 0 Å². The van der Waals surface area contributed by atoms with Crippen molar-refractivity contribution in [3.8, 4) is 11.5 Å². The molecule has 0 amide bonds. The molecule has 0 atom stereocenters. The Hall–Kier alpha value is -2.08. The summed E-state index contributed by atoms with van der Waals surface area (Å²) < 4.78 is 21.8. The maximum absolute atomic E-state index is 8.83. The predicted octanol–water partition coefficient (Wildman–Crippen LogP) is 5.35. The van der Waals surface area contributed by atoms with Gasteiger partial charge in [-0.05, 0) is 88.1 Å². The summed E-state index contributed by atoms with van der Waals surface area (Å²) in [4.78, 5) is 0. The lowest BCUT2D eigenvalue weighted by Gasteiger charge is -2.16. The van der Waals surface area contributed by atoms with Gasteiger partial charge in [-0.2, -0.15) is 0 Å². The Morgan fingerprint density at radius 1 is 0.767 bits per heavy atom. The summed E-state index contributed by atoms with van der Waals surface area (Å²) in [6.45, 7) is 13.5. The summed E-state index contributed by atoms with van der Waals surface area (Å²) in [5.41, 5.74) is 5.46. The Balaban J connectivity index is 0.000000346. The largest absolute Gasteiger partial charge is 0.497 e. The van der Waals surface area contributed by atoms with Crippen LogP contribution in [0, 0.1) is 13.8 Å². The van der Waals surface area contributed by atoms with Crippen LogP contribution < -0.4 is 9.47 Å². The van der Waals surface area contributed by atoms with Crippen LogP contribution in [0.5, 0.6) is 11.5 Å². The van der Waals surface area contributed by atoms with Gasteiger partial charge in [0.05, 0.1) is 46.2 Å². The van der Waals surface area contributed by atoms with Gasteiger partial charge in [0.1, 0.15) is 11.5 Å². The Labute approximate surface area is 181 Å². The van der Waals surface area contributed by atoms with Gasteiger partial charge in [0.2, 0.25) is 0 Å². The number of ether oxygens (including phenoxy) is 4. The van der Waals surface area contributed by atoms with Crippen LogP contribution >= 0.6 is 0 Å². The highest BCUT2D eigenvalue weighted by molar-refractivity contribution is 5.42. The van der Waals surface area contributed by atoms with E-state index in [1.165, 1.54) is 11.1 Å². The molecule has 0 aliphatic heterocycles. The van der Waals surface area contributed by atoms with Crippen LogP contribution in [0.2, 0.25) is 0 Å². The third-order valence-corrected chi connectivity index (χ3v) is 4.41. The standard InChI is InChI=1S/C16H26O3.C9H12O2/c1-11(2)18-9-14-8-16(17-6)15(7-13(14)5)10-19-12(3)4;1-7-3-8(6-10)5-9(4-7)11-2/h7-8,11-12H,9-10H2,1-6H3;3-5,10H,6H2,1-2H3. The molecular weight excluding hydrogens is 380 g/mol. The molecular formula is C25H38O5. The van der Waals surface area contributed by atoms with Gasteiger partial charge in [0, 0.05) is 5.56 Å². The monoisotopic (exact) mass is 418 g/mol. The molecule has 30 heavy (non-hydrogen) atoms. The SMILES string of the molecule is COc1cc(C)cc(CO)c1.COc1cc(COC(C)C)c(C)cc1COC(C)C. The van der Waals surface area contributed by atoms with Crippen molar-refractivity contribution in [2.24, 2.45) is 0 Å². The first-order valence-electron chi connectivity index (χ1n) is 10.3. The van der Waals surface area contributed by atoms with E-state index in [1.54, 1.807) is 14.2 Å². The Morgan fingerprint density at radius 2 is 1.37 bits per heavy atom. The van der Waals surface area contributed by atoms with Crippen LogP contribution in [0.4, 0.5) is 0 Å². The van der Waals surface area contributed by atoms with Gasteiger partial charge < -0.3 is 24.1 Å². The molecule has 0 aromatic heterocycles. The summed E-state index contributed by atoms with van der Waals surface area (Å²) in [5.74, 6) is 1.67. The third-order valence-electron chi connectivity index (χ3n) is 4.41. The average molecular weight is 419 g/mol. The fourth-order valence-corrected chi connectivity index (χ4v) is 2.79. The number of aryl methyl sites for hydroxylation is 2.